The minimum atomic E-state index is -1.13. The lowest BCUT2D eigenvalue weighted by Crippen LogP contribution is -2.66. The molecule has 0 saturated carbocycles. The Morgan fingerprint density at radius 2 is 1.05 bits per heavy atom. The van der Waals surface area contributed by atoms with Gasteiger partial charge in [0.2, 0.25) is 0 Å². The number of nitrogens with zero attached hydrogens (tertiary/aromatic N) is 1. The third-order valence-electron chi connectivity index (χ3n) is 15.7. The first-order valence-corrected chi connectivity index (χ1v) is 31.5. The number of benzene rings is 4. The van der Waals surface area contributed by atoms with E-state index < -0.39 is 42.9 Å². The monoisotopic (exact) mass is 1130 g/mol. The summed E-state index contributed by atoms with van der Waals surface area (Å²) in [6, 6.07) is 38.4. The molecule has 2 fully saturated rings. The standard InChI is InChI=1S/C69H100N2O11/c1-3-5-7-9-11-13-15-17-31-42-61(77-51-55-34-23-19-24-35-55)46-59(72)48-70-65-66(75)67-63(54-80-68(82-67)58-40-29-22-30-41-58)81-69(65)76-45-33-44-71(50-64(74)79-53-57-38-27-21-28-39-57)49-60(73)47-62(78-52-56-36-25-20-26-37-56)43-32-18-16-14-12-10-8-6-4-2/h19-30,34-41,61-63,65-70,75H,3-18,31-33,42-54H2,1-2H3/t61-,62-,63-,65-,66-,67-,68-,69-/m1/s1. The van der Waals surface area contributed by atoms with Crippen LogP contribution in [0.2, 0.25) is 0 Å². The van der Waals surface area contributed by atoms with Crippen LogP contribution in [0.3, 0.4) is 0 Å². The van der Waals surface area contributed by atoms with E-state index in [-0.39, 0.29) is 76.1 Å². The zero-order valence-corrected chi connectivity index (χ0v) is 49.8. The predicted octanol–water partition coefficient (Wildman–Crippen LogP) is 13.5. The smallest absolute Gasteiger partial charge is 0.320 e. The van der Waals surface area contributed by atoms with E-state index in [1.54, 1.807) is 0 Å². The largest absolute Gasteiger partial charge is 0.460 e. The maximum absolute atomic E-state index is 14.1. The van der Waals surface area contributed by atoms with E-state index in [0.29, 0.717) is 26.2 Å². The molecule has 0 amide bonds. The number of rotatable bonds is 45. The van der Waals surface area contributed by atoms with Crippen molar-refractivity contribution in [1.82, 2.24) is 10.2 Å². The minimum absolute atomic E-state index is 0.0172. The zero-order chi connectivity index (χ0) is 57.7. The van der Waals surface area contributed by atoms with Crippen molar-refractivity contribution in [2.45, 2.75) is 230 Å². The molecule has 4 aromatic carbocycles. The fourth-order valence-corrected chi connectivity index (χ4v) is 11.0. The number of aliphatic hydroxyl groups is 1. The van der Waals surface area contributed by atoms with E-state index in [9.17, 15) is 19.5 Å². The van der Waals surface area contributed by atoms with E-state index in [4.69, 9.17) is 33.2 Å². The molecule has 0 unspecified atom stereocenters. The van der Waals surface area contributed by atoms with Gasteiger partial charge in [0.25, 0.3) is 0 Å². The van der Waals surface area contributed by atoms with Crippen molar-refractivity contribution in [3.63, 3.8) is 0 Å². The summed E-state index contributed by atoms with van der Waals surface area (Å²) in [5.41, 5.74) is 3.81. The van der Waals surface area contributed by atoms with Gasteiger partial charge in [-0.1, -0.05) is 251 Å². The number of unbranched alkanes of at least 4 members (excludes halogenated alkanes) is 16. The Hall–Kier alpha value is -4.67. The number of ether oxygens (including phenoxy) is 7. The fraction of sp³-hybridized carbons (Fsp3) is 0.609. The molecule has 0 aliphatic carbocycles. The number of esters is 1. The summed E-state index contributed by atoms with van der Waals surface area (Å²) in [5.74, 6) is -0.497. The first kappa shape index (κ1) is 66.5. The number of hydrogen-bond donors (Lipinski definition) is 2. The Morgan fingerprint density at radius 3 is 1.57 bits per heavy atom. The number of fused-ring (bicyclic) bond motifs is 1. The van der Waals surface area contributed by atoms with Gasteiger partial charge in [0.05, 0.1) is 64.3 Å². The highest BCUT2D eigenvalue weighted by atomic mass is 16.7. The molecule has 13 heteroatoms. The van der Waals surface area contributed by atoms with E-state index in [1.807, 2.05) is 126 Å². The van der Waals surface area contributed by atoms with Gasteiger partial charge in [0.15, 0.2) is 12.6 Å². The molecule has 0 aromatic heterocycles. The first-order chi connectivity index (χ1) is 40.3. The van der Waals surface area contributed by atoms with Gasteiger partial charge in [-0.3, -0.25) is 19.3 Å². The van der Waals surface area contributed by atoms with Crippen LogP contribution in [0.1, 0.15) is 190 Å². The topological polar surface area (TPSA) is 151 Å². The third-order valence-corrected chi connectivity index (χ3v) is 15.7. The Balaban J connectivity index is 1.08. The van der Waals surface area contributed by atoms with Crippen LogP contribution in [0.25, 0.3) is 0 Å². The highest BCUT2D eigenvalue weighted by Gasteiger charge is 2.50. The van der Waals surface area contributed by atoms with Crippen molar-refractivity contribution in [2.75, 3.05) is 39.4 Å². The van der Waals surface area contributed by atoms with Crippen LogP contribution < -0.4 is 5.32 Å². The third kappa shape index (κ3) is 26.5. The lowest BCUT2D eigenvalue weighted by molar-refractivity contribution is -0.344. The van der Waals surface area contributed by atoms with Gasteiger partial charge in [-0.2, -0.15) is 0 Å². The molecule has 82 heavy (non-hydrogen) atoms. The number of carbonyl (C=O) groups is 3. The first-order valence-electron chi connectivity index (χ1n) is 31.5. The van der Waals surface area contributed by atoms with Crippen molar-refractivity contribution in [3.8, 4) is 0 Å². The van der Waals surface area contributed by atoms with E-state index in [0.717, 1.165) is 60.8 Å². The van der Waals surface area contributed by atoms with Crippen molar-refractivity contribution in [3.05, 3.63) is 144 Å². The fourth-order valence-electron chi connectivity index (χ4n) is 11.0. The van der Waals surface area contributed by atoms with Gasteiger partial charge in [-0.15, -0.1) is 0 Å². The maximum Gasteiger partial charge on any atom is 0.320 e. The second kappa shape index (κ2) is 40.6. The van der Waals surface area contributed by atoms with Gasteiger partial charge in [-0.05, 0) is 36.0 Å². The van der Waals surface area contributed by atoms with Gasteiger partial charge >= 0.3 is 5.97 Å². The lowest BCUT2D eigenvalue weighted by atomic mass is 9.95. The molecular formula is C69H100N2O11. The molecule has 452 valence electrons. The summed E-state index contributed by atoms with van der Waals surface area (Å²) >= 11 is 0. The van der Waals surface area contributed by atoms with E-state index >= 15 is 0 Å². The van der Waals surface area contributed by atoms with Gasteiger partial charge in [0.1, 0.15) is 36.5 Å². The molecule has 13 nitrogen and oxygen atoms in total. The number of ketones is 2. The van der Waals surface area contributed by atoms with Crippen LogP contribution in [0.4, 0.5) is 0 Å². The molecule has 2 heterocycles. The van der Waals surface area contributed by atoms with Crippen molar-refractivity contribution < 1.29 is 52.6 Å². The average molecular weight is 1130 g/mol. The number of carbonyl (C=O) groups excluding carboxylic acids is 3. The van der Waals surface area contributed by atoms with Crippen molar-refractivity contribution in [2.24, 2.45) is 0 Å². The Labute approximate surface area is 491 Å². The quantitative estimate of drug-likeness (QED) is 0.0319. The molecule has 8 atom stereocenters. The molecule has 2 N–H and O–H groups in total. The molecule has 6 rings (SSSR count). The summed E-state index contributed by atoms with van der Waals surface area (Å²) in [4.78, 5) is 43.4. The van der Waals surface area contributed by atoms with Crippen LogP contribution in [0.5, 0.6) is 0 Å². The van der Waals surface area contributed by atoms with Gasteiger partial charge in [0, 0.05) is 24.9 Å². The summed E-state index contributed by atoms with van der Waals surface area (Å²) in [6.07, 6.45) is 19.5. The molecule has 0 bridgehead atoms. The Bertz CT molecular complexity index is 2280. The maximum atomic E-state index is 14.1. The Kier molecular flexibility index (Phi) is 32.9. The van der Waals surface area contributed by atoms with Crippen LogP contribution >= 0.6 is 0 Å². The predicted molar refractivity (Wildman–Crippen MR) is 323 cm³/mol. The molecule has 0 radical (unpaired) electrons. The SMILES string of the molecule is CCCCCCCCCCC[C@H](CC(=O)CN[C@H]1[C@H](OCCCN(CC(=O)C[C@@H](CCCCCCCCCCC)OCc2ccccc2)CC(=O)OCc2ccccc2)O[C@@H]2CO[C@@H](c3ccccc3)O[C@H]2[C@@H]1O)OCc1ccccc1. The average Bonchev–Trinajstić information content (AvgIpc) is 3.54. The number of nitrogens with one attached hydrogen (secondary N) is 1. The summed E-state index contributed by atoms with van der Waals surface area (Å²) in [7, 11) is 0. The van der Waals surface area contributed by atoms with E-state index in [1.165, 1.54) is 89.9 Å². The van der Waals surface area contributed by atoms with E-state index in [2.05, 4.69) is 19.2 Å². The lowest BCUT2D eigenvalue weighted by Gasteiger charge is -2.48. The molecule has 4 aromatic rings. The van der Waals surface area contributed by atoms with Gasteiger partial charge in [-0.25, -0.2) is 0 Å². The molecule has 0 spiro atoms. The van der Waals surface area contributed by atoms with Crippen LogP contribution in [-0.2, 0) is 67.4 Å². The van der Waals surface area contributed by atoms with Crippen LogP contribution in [0, 0.1) is 0 Å². The number of Topliss-reactive ketones (excluding diaryl/α,β-unsaturated/α-hetero) is 2. The summed E-state index contributed by atoms with van der Waals surface area (Å²) in [5, 5.41) is 15.5. The molecule has 2 aliphatic heterocycles. The van der Waals surface area contributed by atoms with Crippen LogP contribution in [-0.4, -0.2) is 110 Å². The second-order valence-corrected chi connectivity index (χ2v) is 22.8. The highest BCUT2D eigenvalue weighted by molar-refractivity contribution is 5.82. The minimum Gasteiger partial charge on any atom is -0.460 e. The Morgan fingerprint density at radius 1 is 0.573 bits per heavy atom. The zero-order valence-electron chi connectivity index (χ0n) is 49.8. The molecule has 2 saturated heterocycles. The van der Waals surface area contributed by atoms with Crippen LogP contribution in [0.15, 0.2) is 121 Å². The summed E-state index contributed by atoms with van der Waals surface area (Å²) in [6.45, 7) is 6.01. The van der Waals surface area contributed by atoms with Crippen molar-refractivity contribution >= 4 is 17.5 Å². The number of aliphatic hydroxyl groups excluding tert-OH is 1. The molecular weight excluding hydrogens is 1030 g/mol. The number of hydrogen-bond acceptors (Lipinski definition) is 13. The normalized spacial score (nSPS) is 19.6. The molecule has 2 aliphatic rings. The summed E-state index contributed by atoms with van der Waals surface area (Å²) < 4.78 is 44.2. The van der Waals surface area contributed by atoms with Gasteiger partial charge < -0.3 is 43.6 Å². The van der Waals surface area contributed by atoms with Crippen molar-refractivity contribution in [1.29, 1.82) is 0 Å². The highest BCUT2D eigenvalue weighted by Crippen LogP contribution is 2.35. The second-order valence-electron chi connectivity index (χ2n) is 22.8.